The lowest BCUT2D eigenvalue weighted by Crippen LogP contribution is -2.24. The molecule has 1 aromatic carbocycles. The average molecular weight is 327 g/mol. The fourth-order valence-corrected chi connectivity index (χ4v) is 2.12. The molecule has 0 amide bonds. The SMILES string of the molecule is CCOC(=O)CC(C(=O)c1ccc(Br)cc1)C(C)C. The largest absolute Gasteiger partial charge is 0.466 e. The first-order valence-electron chi connectivity index (χ1n) is 6.41. The summed E-state index contributed by atoms with van der Waals surface area (Å²) in [7, 11) is 0. The lowest BCUT2D eigenvalue weighted by atomic mass is 9.85. The quantitative estimate of drug-likeness (QED) is 0.589. The minimum absolute atomic E-state index is 0.00412. The van der Waals surface area contributed by atoms with Crippen LogP contribution in [0.3, 0.4) is 0 Å². The van der Waals surface area contributed by atoms with Crippen molar-refractivity contribution in [3.63, 3.8) is 0 Å². The Balaban J connectivity index is 2.84. The standard InChI is InChI=1S/C15H19BrO3/c1-4-19-14(17)9-13(10(2)3)15(18)11-5-7-12(16)8-6-11/h5-8,10,13H,4,9H2,1-3H3. The zero-order valence-corrected chi connectivity index (χ0v) is 13.1. The molecule has 0 radical (unpaired) electrons. The van der Waals surface area contributed by atoms with Crippen LogP contribution in [0.2, 0.25) is 0 Å². The number of esters is 1. The van der Waals surface area contributed by atoms with Crippen LogP contribution in [0.1, 0.15) is 37.6 Å². The molecule has 0 saturated heterocycles. The van der Waals surface area contributed by atoms with Crippen molar-refractivity contribution >= 4 is 27.7 Å². The monoisotopic (exact) mass is 326 g/mol. The summed E-state index contributed by atoms with van der Waals surface area (Å²) in [6.07, 6.45) is 0.139. The number of Topliss-reactive ketones (excluding diaryl/α,β-unsaturated/α-hetero) is 1. The van der Waals surface area contributed by atoms with Gasteiger partial charge in [-0.05, 0) is 25.0 Å². The normalized spacial score (nSPS) is 12.3. The minimum Gasteiger partial charge on any atom is -0.466 e. The molecule has 4 heteroatoms. The molecule has 0 heterocycles. The third-order valence-electron chi connectivity index (χ3n) is 2.96. The highest BCUT2D eigenvalue weighted by Crippen LogP contribution is 2.22. The third-order valence-corrected chi connectivity index (χ3v) is 3.49. The maximum Gasteiger partial charge on any atom is 0.306 e. The van der Waals surface area contributed by atoms with Crippen LogP contribution in [-0.2, 0) is 9.53 Å². The van der Waals surface area contributed by atoms with Crippen LogP contribution >= 0.6 is 15.9 Å². The summed E-state index contributed by atoms with van der Waals surface area (Å²) in [6, 6.07) is 7.20. The molecular weight excluding hydrogens is 308 g/mol. The number of hydrogen-bond acceptors (Lipinski definition) is 3. The van der Waals surface area contributed by atoms with Gasteiger partial charge < -0.3 is 4.74 Å². The van der Waals surface area contributed by atoms with E-state index >= 15 is 0 Å². The zero-order valence-electron chi connectivity index (χ0n) is 11.5. The van der Waals surface area contributed by atoms with E-state index in [2.05, 4.69) is 15.9 Å². The van der Waals surface area contributed by atoms with Gasteiger partial charge in [-0.25, -0.2) is 0 Å². The van der Waals surface area contributed by atoms with Crippen LogP contribution < -0.4 is 0 Å². The van der Waals surface area contributed by atoms with Gasteiger partial charge in [0.1, 0.15) is 0 Å². The van der Waals surface area contributed by atoms with E-state index in [-0.39, 0.29) is 30.0 Å². The van der Waals surface area contributed by atoms with Crippen molar-refractivity contribution in [3.8, 4) is 0 Å². The van der Waals surface area contributed by atoms with Gasteiger partial charge in [0, 0.05) is 16.0 Å². The topological polar surface area (TPSA) is 43.4 Å². The fourth-order valence-electron chi connectivity index (χ4n) is 1.86. The molecule has 0 fully saturated rings. The molecule has 19 heavy (non-hydrogen) atoms. The molecule has 0 aromatic heterocycles. The van der Waals surface area contributed by atoms with Crippen molar-refractivity contribution in [1.82, 2.24) is 0 Å². The highest BCUT2D eigenvalue weighted by Gasteiger charge is 2.26. The maximum absolute atomic E-state index is 12.4. The van der Waals surface area contributed by atoms with Crippen LogP contribution in [0.15, 0.2) is 28.7 Å². The number of hydrogen-bond donors (Lipinski definition) is 0. The summed E-state index contributed by atoms with van der Waals surface area (Å²) in [5.41, 5.74) is 0.631. The summed E-state index contributed by atoms with van der Waals surface area (Å²) in [5, 5.41) is 0. The molecule has 0 spiro atoms. The summed E-state index contributed by atoms with van der Waals surface area (Å²) in [5.74, 6) is -0.553. The van der Waals surface area contributed by atoms with Crippen LogP contribution in [0, 0.1) is 11.8 Å². The van der Waals surface area contributed by atoms with E-state index in [0.717, 1.165) is 4.47 Å². The van der Waals surface area contributed by atoms with Gasteiger partial charge in [-0.15, -0.1) is 0 Å². The van der Waals surface area contributed by atoms with Gasteiger partial charge in [0.05, 0.1) is 13.0 Å². The molecule has 1 aromatic rings. The molecule has 0 N–H and O–H groups in total. The first-order valence-corrected chi connectivity index (χ1v) is 7.20. The Labute approximate surface area is 122 Å². The molecular formula is C15H19BrO3. The Morgan fingerprint density at radius 3 is 2.26 bits per heavy atom. The average Bonchev–Trinajstić information content (AvgIpc) is 2.36. The van der Waals surface area contributed by atoms with E-state index in [1.807, 2.05) is 26.0 Å². The van der Waals surface area contributed by atoms with Crippen LogP contribution in [0.4, 0.5) is 0 Å². The number of halogens is 1. The first-order chi connectivity index (χ1) is 8.95. The van der Waals surface area contributed by atoms with E-state index in [0.29, 0.717) is 12.2 Å². The van der Waals surface area contributed by atoms with Crippen molar-refractivity contribution in [2.24, 2.45) is 11.8 Å². The van der Waals surface area contributed by atoms with Crippen molar-refractivity contribution in [2.45, 2.75) is 27.2 Å². The Kier molecular flexibility index (Phi) is 6.22. The number of rotatable bonds is 6. The van der Waals surface area contributed by atoms with E-state index in [1.54, 1.807) is 19.1 Å². The molecule has 3 nitrogen and oxygen atoms in total. The van der Waals surface area contributed by atoms with Crippen molar-refractivity contribution in [1.29, 1.82) is 0 Å². The number of benzene rings is 1. The highest BCUT2D eigenvalue weighted by molar-refractivity contribution is 9.10. The molecule has 1 atom stereocenters. The van der Waals surface area contributed by atoms with Gasteiger partial charge in [-0.3, -0.25) is 9.59 Å². The maximum atomic E-state index is 12.4. The fraction of sp³-hybridized carbons (Fsp3) is 0.467. The number of ketones is 1. The van der Waals surface area contributed by atoms with Crippen LogP contribution in [-0.4, -0.2) is 18.4 Å². The smallest absolute Gasteiger partial charge is 0.306 e. The van der Waals surface area contributed by atoms with E-state index in [9.17, 15) is 9.59 Å². The van der Waals surface area contributed by atoms with Crippen molar-refractivity contribution in [2.75, 3.05) is 6.61 Å². The molecule has 1 unspecified atom stereocenters. The molecule has 1 rings (SSSR count). The lowest BCUT2D eigenvalue weighted by Gasteiger charge is -2.18. The molecule has 0 aliphatic heterocycles. The van der Waals surface area contributed by atoms with E-state index < -0.39 is 0 Å². The third kappa shape index (κ3) is 4.78. The van der Waals surface area contributed by atoms with Gasteiger partial charge in [0.2, 0.25) is 0 Å². The Bertz CT molecular complexity index is 437. The minimum atomic E-state index is -0.333. The van der Waals surface area contributed by atoms with Gasteiger partial charge >= 0.3 is 5.97 Å². The zero-order chi connectivity index (χ0) is 14.4. The number of carbonyl (C=O) groups is 2. The van der Waals surface area contributed by atoms with Gasteiger partial charge in [-0.1, -0.05) is 41.9 Å². The van der Waals surface area contributed by atoms with Crippen LogP contribution in [0.5, 0.6) is 0 Å². The second kappa shape index (κ2) is 7.43. The summed E-state index contributed by atoms with van der Waals surface area (Å²) in [4.78, 5) is 24.0. The second-order valence-electron chi connectivity index (χ2n) is 4.73. The molecule has 0 aliphatic carbocycles. The van der Waals surface area contributed by atoms with E-state index in [1.165, 1.54) is 0 Å². The highest BCUT2D eigenvalue weighted by atomic mass is 79.9. The predicted octanol–water partition coefficient (Wildman–Crippen LogP) is 3.86. The summed E-state index contributed by atoms with van der Waals surface area (Å²) in [6.45, 7) is 6.00. The van der Waals surface area contributed by atoms with Crippen LogP contribution in [0.25, 0.3) is 0 Å². The first kappa shape index (κ1) is 15.9. The molecule has 0 aliphatic rings. The molecule has 0 bridgehead atoms. The van der Waals surface area contributed by atoms with E-state index in [4.69, 9.17) is 4.74 Å². The van der Waals surface area contributed by atoms with Gasteiger partial charge in [0.25, 0.3) is 0 Å². The predicted molar refractivity (Wildman–Crippen MR) is 78.1 cm³/mol. The molecule has 0 saturated carbocycles. The lowest BCUT2D eigenvalue weighted by molar-refractivity contribution is -0.144. The Morgan fingerprint density at radius 1 is 1.21 bits per heavy atom. The Morgan fingerprint density at radius 2 is 1.79 bits per heavy atom. The summed E-state index contributed by atoms with van der Waals surface area (Å²) >= 11 is 3.34. The molecule has 104 valence electrons. The summed E-state index contributed by atoms with van der Waals surface area (Å²) < 4.78 is 5.86. The van der Waals surface area contributed by atoms with Gasteiger partial charge in [0.15, 0.2) is 5.78 Å². The second-order valence-corrected chi connectivity index (χ2v) is 5.65. The van der Waals surface area contributed by atoms with Crippen molar-refractivity contribution in [3.05, 3.63) is 34.3 Å². The van der Waals surface area contributed by atoms with Gasteiger partial charge in [-0.2, -0.15) is 0 Å². The number of ether oxygens (including phenoxy) is 1. The number of carbonyl (C=O) groups excluding carboxylic acids is 2. The van der Waals surface area contributed by atoms with Crippen molar-refractivity contribution < 1.29 is 14.3 Å². The Hall–Kier alpha value is -1.16.